The second-order valence-electron chi connectivity index (χ2n) is 3.80. The predicted molar refractivity (Wildman–Crippen MR) is 60.4 cm³/mol. The third kappa shape index (κ3) is 1.28. The molecule has 1 unspecified atom stereocenters. The Morgan fingerprint density at radius 1 is 1.19 bits per heavy atom. The summed E-state index contributed by atoms with van der Waals surface area (Å²) in [7, 11) is 3.12. The van der Waals surface area contributed by atoms with Crippen LogP contribution >= 0.6 is 0 Å². The fraction of sp³-hybridized carbons (Fsp3) is 0.308. The van der Waals surface area contributed by atoms with Crippen LogP contribution in [0.25, 0.3) is 0 Å². The Morgan fingerprint density at radius 2 is 1.88 bits per heavy atom. The molecule has 1 aromatic carbocycles. The van der Waals surface area contributed by atoms with Crippen molar-refractivity contribution in [3.8, 4) is 5.75 Å². The van der Waals surface area contributed by atoms with Gasteiger partial charge in [-0.25, -0.2) is 0 Å². The summed E-state index contributed by atoms with van der Waals surface area (Å²) in [6.45, 7) is 1.79. The molecule has 1 aliphatic carbocycles. The zero-order chi connectivity index (χ0) is 11.8. The van der Waals surface area contributed by atoms with Crippen molar-refractivity contribution in [3.05, 3.63) is 41.5 Å². The Labute approximate surface area is 94.7 Å². The van der Waals surface area contributed by atoms with Gasteiger partial charge in [0.15, 0.2) is 11.4 Å². The van der Waals surface area contributed by atoms with E-state index in [0.29, 0.717) is 5.75 Å². The molecule has 16 heavy (non-hydrogen) atoms. The van der Waals surface area contributed by atoms with Crippen LogP contribution in [0.4, 0.5) is 0 Å². The van der Waals surface area contributed by atoms with Crippen LogP contribution in [0, 0.1) is 0 Å². The molecule has 3 nitrogen and oxygen atoms in total. The van der Waals surface area contributed by atoms with E-state index < -0.39 is 5.60 Å². The van der Waals surface area contributed by atoms with Crippen LogP contribution in [-0.2, 0) is 15.1 Å². The number of benzene rings is 1. The summed E-state index contributed by atoms with van der Waals surface area (Å²) in [5, 5.41) is 0. The van der Waals surface area contributed by atoms with Crippen molar-refractivity contribution in [2.45, 2.75) is 12.5 Å². The summed E-state index contributed by atoms with van der Waals surface area (Å²) >= 11 is 0. The van der Waals surface area contributed by atoms with Crippen LogP contribution in [-0.4, -0.2) is 20.0 Å². The molecule has 1 aliphatic rings. The number of ether oxygens (including phenoxy) is 2. The first-order valence-corrected chi connectivity index (χ1v) is 5.08. The first-order chi connectivity index (χ1) is 7.65. The van der Waals surface area contributed by atoms with Crippen LogP contribution in [0.5, 0.6) is 5.75 Å². The maximum Gasteiger partial charge on any atom is 0.198 e. The molecule has 2 rings (SSSR count). The van der Waals surface area contributed by atoms with Crippen molar-refractivity contribution in [1.29, 1.82) is 0 Å². The van der Waals surface area contributed by atoms with Gasteiger partial charge in [-0.15, -0.1) is 0 Å². The first-order valence-electron chi connectivity index (χ1n) is 5.08. The highest BCUT2D eigenvalue weighted by Gasteiger charge is 2.47. The van der Waals surface area contributed by atoms with Gasteiger partial charge in [0.1, 0.15) is 5.75 Å². The fourth-order valence-corrected chi connectivity index (χ4v) is 2.06. The molecule has 0 saturated carbocycles. The average Bonchev–Trinajstić information content (AvgIpc) is 2.35. The Bertz CT molecular complexity index is 462. The first kappa shape index (κ1) is 10.9. The van der Waals surface area contributed by atoms with Gasteiger partial charge >= 0.3 is 0 Å². The number of ketones is 1. The van der Waals surface area contributed by atoms with Crippen LogP contribution in [0.3, 0.4) is 0 Å². The van der Waals surface area contributed by atoms with Crippen LogP contribution < -0.4 is 4.74 Å². The quantitative estimate of drug-likeness (QED) is 0.779. The maximum absolute atomic E-state index is 11.9. The Kier molecular flexibility index (Phi) is 2.56. The van der Waals surface area contributed by atoms with Crippen molar-refractivity contribution in [2.75, 3.05) is 14.2 Å². The molecule has 0 saturated heterocycles. The monoisotopic (exact) mass is 218 g/mol. The van der Waals surface area contributed by atoms with Crippen LogP contribution in [0.15, 0.2) is 35.9 Å². The molecule has 0 spiro atoms. The van der Waals surface area contributed by atoms with Gasteiger partial charge in [-0.1, -0.05) is 18.2 Å². The Balaban J connectivity index is 2.55. The van der Waals surface area contributed by atoms with Gasteiger partial charge in [-0.3, -0.25) is 4.79 Å². The lowest BCUT2D eigenvalue weighted by Crippen LogP contribution is -2.44. The Hall–Kier alpha value is -1.61. The summed E-state index contributed by atoms with van der Waals surface area (Å²) in [6, 6.07) is 7.41. The molecule has 0 aliphatic heterocycles. The third-order valence-corrected chi connectivity index (χ3v) is 2.94. The lowest BCUT2D eigenvalue weighted by atomic mass is 9.75. The molecule has 0 aromatic heterocycles. The van der Waals surface area contributed by atoms with E-state index in [1.807, 2.05) is 30.3 Å². The normalized spacial score (nSPS) is 23.7. The predicted octanol–water partition coefficient (Wildman–Crippen LogP) is 2.07. The fourth-order valence-electron chi connectivity index (χ4n) is 2.06. The Morgan fingerprint density at radius 3 is 2.38 bits per heavy atom. The van der Waals surface area contributed by atoms with E-state index >= 15 is 0 Å². The summed E-state index contributed by atoms with van der Waals surface area (Å²) in [4.78, 5) is 11.9. The molecule has 0 radical (unpaired) electrons. The highest BCUT2D eigenvalue weighted by Crippen LogP contribution is 2.42. The van der Waals surface area contributed by atoms with Crippen LogP contribution in [0.1, 0.15) is 12.5 Å². The third-order valence-electron chi connectivity index (χ3n) is 2.94. The van der Waals surface area contributed by atoms with Crippen molar-refractivity contribution in [3.63, 3.8) is 0 Å². The molecule has 0 fully saturated rings. The minimum absolute atomic E-state index is 0.000463. The summed E-state index contributed by atoms with van der Waals surface area (Å²) in [6.07, 6.45) is 1.83. The minimum Gasteiger partial charge on any atom is -0.496 e. The highest BCUT2D eigenvalue weighted by atomic mass is 16.5. The molecule has 1 aromatic rings. The number of rotatable bonds is 3. The number of hydrogen-bond donors (Lipinski definition) is 0. The number of carbonyl (C=O) groups excluding carboxylic acids is 1. The van der Waals surface area contributed by atoms with Gasteiger partial charge < -0.3 is 9.47 Å². The van der Waals surface area contributed by atoms with E-state index in [2.05, 4.69) is 0 Å². The summed E-state index contributed by atoms with van der Waals surface area (Å²) in [5.41, 5.74) is 0.541. The summed E-state index contributed by atoms with van der Waals surface area (Å²) in [5.74, 6) is 0.668. The molecule has 0 heterocycles. The van der Waals surface area contributed by atoms with Gasteiger partial charge in [0.05, 0.1) is 7.11 Å². The minimum atomic E-state index is -0.948. The van der Waals surface area contributed by atoms with Crippen LogP contribution in [0.2, 0.25) is 0 Å². The largest absolute Gasteiger partial charge is 0.496 e. The summed E-state index contributed by atoms with van der Waals surface area (Å²) < 4.78 is 10.6. The molecule has 0 N–H and O–H groups in total. The van der Waals surface area contributed by atoms with E-state index in [1.165, 1.54) is 7.11 Å². The average molecular weight is 218 g/mol. The smallest absolute Gasteiger partial charge is 0.198 e. The number of carbonyl (C=O) groups is 1. The molecular formula is C13H14O3. The molecule has 0 bridgehead atoms. The highest BCUT2D eigenvalue weighted by molar-refractivity contribution is 6.10. The lowest BCUT2D eigenvalue weighted by molar-refractivity contribution is -0.136. The van der Waals surface area contributed by atoms with Crippen molar-refractivity contribution in [2.24, 2.45) is 0 Å². The van der Waals surface area contributed by atoms with Crippen molar-refractivity contribution >= 4 is 5.78 Å². The van der Waals surface area contributed by atoms with Gasteiger partial charge in [0, 0.05) is 12.7 Å². The standard InChI is InChI=1S/C13H14O3/c1-9-8-13(16-3,12(9)14)10-6-4-5-7-11(10)15-2/h4-8H,1-3H3. The van der Waals surface area contributed by atoms with E-state index in [4.69, 9.17) is 9.47 Å². The van der Waals surface area contributed by atoms with E-state index in [-0.39, 0.29) is 5.78 Å². The lowest BCUT2D eigenvalue weighted by Gasteiger charge is -2.36. The molecule has 3 heteroatoms. The van der Waals surface area contributed by atoms with Crippen molar-refractivity contribution < 1.29 is 14.3 Å². The molecule has 0 amide bonds. The van der Waals surface area contributed by atoms with Crippen molar-refractivity contribution in [1.82, 2.24) is 0 Å². The number of Topliss-reactive ketones (excluding diaryl/α,β-unsaturated/α-hetero) is 1. The number of para-hydroxylation sites is 1. The van der Waals surface area contributed by atoms with E-state index in [9.17, 15) is 4.79 Å². The zero-order valence-corrected chi connectivity index (χ0v) is 9.61. The molecular weight excluding hydrogens is 204 g/mol. The number of hydrogen-bond acceptors (Lipinski definition) is 3. The van der Waals surface area contributed by atoms with E-state index in [1.54, 1.807) is 14.0 Å². The van der Waals surface area contributed by atoms with E-state index in [0.717, 1.165) is 11.1 Å². The molecule has 84 valence electrons. The SMILES string of the molecule is COc1ccccc1C1(OC)C=C(C)C1=O. The van der Waals surface area contributed by atoms with Gasteiger partial charge in [0.2, 0.25) is 0 Å². The van der Waals surface area contributed by atoms with Gasteiger partial charge in [0.25, 0.3) is 0 Å². The zero-order valence-electron chi connectivity index (χ0n) is 9.61. The number of methoxy groups -OCH3 is 2. The molecule has 1 atom stereocenters. The van der Waals surface area contributed by atoms with Gasteiger partial charge in [-0.2, -0.15) is 0 Å². The topological polar surface area (TPSA) is 35.5 Å². The second-order valence-corrected chi connectivity index (χ2v) is 3.80. The van der Waals surface area contributed by atoms with Gasteiger partial charge in [-0.05, 0) is 24.6 Å². The second kappa shape index (κ2) is 3.76. The maximum atomic E-state index is 11.9.